The molecule has 0 saturated carbocycles. The van der Waals surface area contributed by atoms with Crippen LogP contribution in [0.3, 0.4) is 0 Å². The average Bonchev–Trinajstić information content (AvgIpc) is 2.73. The number of rotatable bonds is 6. The van der Waals surface area contributed by atoms with Crippen LogP contribution in [0, 0.1) is 3.57 Å². The van der Waals surface area contributed by atoms with Crippen LogP contribution in [0.2, 0.25) is 0 Å². The molecule has 0 aliphatic carbocycles. The Bertz CT molecular complexity index is 1000. The fraction of sp³-hybridized carbons (Fsp3) is 0.0870. The van der Waals surface area contributed by atoms with Gasteiger partial charge in [0.15, 0.2) is 0 Å². The van der Waals surface area contributed by atoms with Crippen molar-refractivity contribution in [2.45, 2.75) is 6.54 Å². The first-order valence-electron chi connectivity index (χ1n) is 8.73. The largest absolute Gasteiger partial charge is 0.508 e. The number of phenolic OH excluding ortho intramolecular Hbond substituents is 1. The molecule has 0 amide bonds. The Balaban J connectivity index is 1.72. The lowest BCUT2D eigenvalue weighted by molar-refractivity contribution is 0.0600. The molecule has 0 unspecified atom stereocenters. The van der Waals surface area contributed by atoms with Gasteiger partial charge in [-0.15, -0.1) is 0 Å². The molecule has 0 atom stereocenters. The van der Waals surface area contributed by atoms with Gasteiger partial charge in [-0.3, -0.25) is 0 Å². The van der Waals surface area contributed by atoms with Crippen LogP contribution in [0.4, 0.5) is 5.69 Å². The third-order valence-corrected chi connectivity index (χ3v) is 5.12. The molecule has 0 aromatic heterocycles. The number of carbonyl (C=O) groups excluding carboxylic acids is 1. The van der Waals surface area contributed by atoms with Crippen LogP contribution in [0.25, 0.3) is 12.2 Å². The summed E-state index contributed by atoms with van der Waals surface area (Å²) in [6, 6.07) is 20.9. The molecule has 4 nitrogen and oxygen atoms in total. The Labute approximate surface area is 178 Å². The molecule has 0 radical (unpaired) electrons. The highest BCUT2D eigenvalue weighted by Crippen LogP contribution is 2.24. The van der Waals surface area contributed by atoms with Gasteiger partial charge in [0, 0.05) is 21.4 Å². The van der Waals surface area contributed by atoms with Crippen LogP contribution < -0.4 is 5.32 Å². The van der Waals surface area contributed by atoms with Crippen LogP contribution in [-0.4, -0.2) is 18.2 Å². The van der Waals surface area contributed by atoms with Crippen molar-refractivity contribution < 1.29 is 14.6 Å². The van der Waals surface area contributed by atoms with Gasteiger partial charge in [-0.1, -0.05) is 48.6 Å². The minimum Gasteiger partial charge on any atom is -0.508 e. The molecule has 142 valence electrons. The Morgan fingerprint density at radius 1 is 1.04 bits per heavy atom. The van der Waals surface area contributed by atoms with Crippen molar-refractivity contribution in [1.29, 1.82) is 0 Å². The van der Waals surface area contributed by atoms with Crippen LogP contribution >= 0.6 is 22.6 Å². The number of hydrogen-bond acceptors (Lipinski definition) is 4. The van der Waals surface area contributed by atoms with E-state index in [0.29, 0.717) is 12.1 Å². The van der Waals surface area contributed by atoms with E-state index >= 15 is 0 Å². The van der Waals surface area contributed by atoms with Gasteiger partial charge in [-0.2, -0.15) is 0 Å². The zero-order chi connectivity index (χ0) is 19.9. The van der Waals surface area contributed by atoms with Gasteiger partial charge in [0.25, 0.3) is 0 Å². The predicted octanol–water partition coefficient (Wildman–Crippen LogP) is 5.57. The van der Waals surface area contributed by atoms with Gasteiger partial charge >= 0.3 is 5.97 Å². The van der Waals surface area contributed by atoms with E-state index in [1.54, 1.807) is 18.2 Å². The average molecular weight is 485 g/mol. The lowest BCUT2D eigenvalue weighted by Gasteiger charge is -2.11. The number of phenols is 1. The molecule has 3 rings (SSSR count). The maximum absolute atomic E-state index is 11.6. The number of methoxy groups -OCH3 is 1. The molecular formula is C23H20INO3. The quantitative estimate of drug-likeness (QED) is 0.273. The highest BCUT2D eigenvalue weighted by Gasteiger charge is 2.09. The second kappa shape index (κ2) is 9.41. The zero-order valence-electron chi connectivity index (χ0n) is 15.4. The summed E-state index contributed by atoms with van der Waals surface area (Å²) < 4.78 is 5.64. The van der Waals surface area contributed by atoms with E-state index in [9.17, 15) is 9.90 Å². The third kappa shape index (κ3) is 5.13. The summed E-state index contributed by atoms with van der Waals surface area (Å²) in [6.07, 6.45) is 4.06. The maximum Gasteiger partial charge on any atom is 0.337 e. The second-order valence-electron chi connectivity index (χ2n) is 6.17. The fourth-order valence-corrected chi connectivity index (χ4v) is 3.41. The van der Waals surface area contributed by atoms with E-state index in [1.165, 1.54) is 7.11 Å². The molecule has 3 aromatic carbocycles. The summed E-state index contributed by atoms with van der Waals surface area (Å²) in [5, 5.41) is 13.5. The normalized spacial score (nSPS) is 10.8. The second-order valence-corrected chi connectivity index (χ2v) is 7.33. The minimum absolute atomic E-state index is 0.241. The number of carbonyl (C=O) groups is 1. The molecule has 0 bridgehead atoms. The highest BCUT2D eigenvalue weighted by molar-refractivity contribution is 14.1. The van der Waals surface area contributed by atoms with E-state index in [1.807, 2.05) is 60.7 Å². The molecule has 5 heteroatoms. The lowest BCUT2D eigenvalue weighted by atomic mass is 10.1. The smallest absolute Gasteiger partial charge is 0.337 e. The number of hydrogen-bond donors (Lipinski definition) is 2. The Hall–Kier alpha value is -2.80. The molecule has 0 spiro atoms. The number of benzene rings is 3. The van der Waals surface area contributed by atoms with E-state index in [0.717, 1.165) is 25.9 Å². The summed E-state index contributed by atoms with van der Waals surface area (Å²) in [5.41, 5.74) is 4.32. The Morgan fingerprint density at radius 3 is 2.50 bits per heavy atom. The van der Waals surface area contributed by atoms with Crippen LogP contribution in [-0.2, 0) is 11.3 Å². The highest BCUT2D eigenvalue weighted by atomic mass is 127. The molecule has 28 heavy (non-hydrogen) atoms. The first-order valence-corrected chi connectivity index (χ1v) is 9.81. The summed E-state index contributed by atoms with van der Waals surface area (Å²) >= 11 is 2.17. The van der Waals surface area contributed by atoms with Gasteiger partial charge in [0.05, 0.1) is 12.7 Å². The minimum atomic E-state index is -0.361. The summed E-state index contributed by atoms with van der Waals surface area (Å²) in [6.45, 7) is 0.465. The number of nitrogens with one attached hydrogen (secondary N) is 1. The lowest BCUT2D eigenvalue weighted by Crippen LogP contribution is -2.05. The Kier molecular flexibility index (Phi) is 6.71. The Morgan fingerprint density at radius 2 is 1.79 bits per heavy atom. The van der Waals surface area contributed by atoms with Crippen molar-refractivity contribution in [3.05, 3.63) is 92.6 Å². The third-order valence-electron chi connectivity index (χ3n) is 4.23. The molecule has 3 aromatic rings. The van der Waals surface area contributed by atoms with Crippen molar-refractivity contribution >= 4 is 46.4 Å². The molecule has 0 saturated heterocycles. The van der Waals surface area contributed by atoms with Crippen molar-refractivity contribution in [2.24, 2.45) is 0 Å². The summed E-state index contributed by atoms with van der Waals surface area (Å²) in [7, 11) is 1.36. The monoisotopic (exact) mass is 485 g/mol. The molecular weight excluding hydrogens is 465 g/mol. The van der Waals surface area contributed by atoms with Crippen molar-refractivity contribution in [3.63, 3.8) is 0 Å². The SMILES string of the molecule is COC(=O)c1ccc(NCc2cc(/C=C/c3ccccc3)ccc2O)c(I)c1. The summed E-state index contributed by atoms with van der Waals surface area (Å²) in [4.78, 5) is 11.6. The molecule has 0 aliphatic heterocycles. The fourth-order valence-electron chi connectivity index (χ4n) is 2.70. The number of esters is 1. The zero-order valence-corrected chi connectivity index (χ0v) is 17.5. The number of ether oxygens (including phenoxy) is 1. The molecule has 0 fully saturated rings. The van der Waals surface area contributed by atoms with Crippen molar-refractivity contribution in [2.75, 3.05) is 12.4 Å². The van der Waals surface area contributed by atoms with E-state index in [2.05, 4.69) is 27.9 Å². The van der Waals surface area contributed by atoms with E-state index in [4.69, 9.17) is 4.74 Å². The standard InChI is InChI=1S/C23H20INO3/c1-28-23(27)18-10-11-21(20(24)14-18)25-15-19-13-17(9-12-22(19)26)8-7-16-5-3-2-4-6-16/h2-14,25-26H,15H2,1H3/b8-7+. The molecule has 0 heterocycles. The number of aromatic hydroxyl groups is 1. The topological polar surface area (TPSA) is 58.6 Å². The van der Waals surface area contributed by atoms with Gasteiger partial charge in [-0.25, -0.2) is 4.79 Å². The summed E-state index contributed by atoms with van der Waals surface area (Å²) in [5.74, 6) is -0.120. The van der Waals surface area contributed by atoms with Gasteiger partial charge in [0.2, 0.25) is 0 Å². The van der Waals surface area contributed by atoms with Gasteiger partial charge < -0.3 is 15.2 Å². The molecule has 0 aliphatic rings. The first-order chi connectivity index (χ1) is 13.6. The van der Waals surface area contributed by atoms with Gasteiger partial charge in [-0.05, 0) is 64.0 Å². The van der Waals surface area contributed by atoms with E-state index in [-0.39, 0.29) is 11.7 Å². The van der Waals surface area contributed by atoms with Crippen LogP contribution in [0.15, 0.2) is 66.7 Å². The number of anilines is 1. The molecule has 2 N–H and O–H groups in total. The van der Waals surface area contributed by atoms with Crippen molar-refractivity contribution in [3.8, 4) is 5.75 Å². The van der Waals surface area contributed by atoms with Crippen LogP contribution in [0.5, 0.6) is 5.75 Å². The number of halogens is 1. The van der Waals surface area contributed by atoms with Crippen LogP contribution in [0.1, 0.15) is 27.0 Å². The first kappa shape index (κ1) is 19.9. The van der Waals surface area contributed by atoms with Crippen molar-refractivity contribution in [1.82, 2.24) is 0 Å². The maximum atomic E-state index is 11.6. The van der Waals surface area contributed by atoms with Gasteiger partial charge in [0.1, 0.15) is 5.75 Å². The van der Waals surface area contributed by atoms with E-state index < -0.39 is 0 Å². The predicted molar refractivity (Wildman–Crippen MR) is 121 cm³/mol.